The van der Waals surface area contributed by atoms with E-state index in [-0.39, 0.29) is 0 Å². The van der Waals surface area contributed by atoms with E-state index in [1.807, 2.05) is 0 Å². The van der Waals surface area contributed by atoms with Gasteiger partial charge in [-0.15, -0.1) is 0 Å². The fourth-order valence-corrected chi connectivity index (χ4v) is 3.06. The van der Waals surface area contributed by atoms with Gasteiger partial charge in [-0.3, -0.25) is 0 Å². The number of nitrogens with one attached hydrogen (secondary N) is 1. The highest BCUT2D eigenvalue weighted by Crippen LogP contribution is 2.62. The summed E-state index contributed by atoms with van der Waals surface area (Å²) in [5.41, 5.74) is 6.44. The summed E-state index contributed by atoms with van der Waals surface area (Å²) in [5.74, 6) is 0. The van der Waals surface area contributed by atoms with Gasteiger partial charge in [-0.05, 0) is 23.7 Å². The van der Waals surface area contributed by atoms with Crippen molar-refractivity contribution in [3.63, 3.8) is 0 Å². The van der Waals surface area contributed by atoms with Crippen LogP contribution in [-0.2, 0) is 4.74 Å². The first-order chi connectivity index (χ1) is 7.39. The molecule has 1 aliphatic carbocycles. The van der Waals surface area contributed by atoms with Crippen molar-refractivity contribution in [1.29, 1.82) is 0 Å². The first kappa shape index (κ1) is 12.3. The zero-order valence-corrected chi connectivity index (χ0v) is 11.0. The molecule has 1 aliphatic heterocycles. The van der Waals surface area contributed by atoms with Crippen LogP contribution in [0.5, 0.6) is 0 Å². The van der Waals surface area contributed by atoms with Gasteiger partial charge in [-0.2, -0.15) is 0 Å². The molecule has 0 aromatic rings. The Hall–Kier alpha value is -0.120. The lowest BCUT2D eigenvalue weighted by Gasteiger charge is -2.14. The lowest BCUT2D eigenvalue weighted by atomic mass is 10.0. The molecule has 2 rings (SSSR count). The van der Waals surface area contributed by atoms with Crippen molar-refractivity contribution in [2.24, 2.45) is 16.6 Å². The summed E-state index contributed by atoms with van der Waals surface area (Å²) in [6.45, 7) is 11.0. The van der Waals surface area contributed by atoms with E-state index in [9.17, 15) is 0 Å². The second kappa shape index (κ2) is 3.97. The molecule has 1 heterocycles. The van der Waals surface area contributed by atoms with E-state index in [2.05, 4.69) is 33.0 Å². The molecule has 0 radical (unpaired) electrons. The molecule has 3 heteroatoms. The van der Waals surface area contributed by atoms with Crippen LogP contribution in [0.2, 0.25) is 0 Å². The zero-order valence-electron chi connectivity index (χ0n) is 11.0. The molecule has 2 fully saturated rings. The van der Waals surface area contributed by atoms with Crippen molar-refractivity contribution in [3.05, 3.63) is 0 Å². The summed E-state index contributed by atoms with van der Waals surface area (Å²) in [4.78, 5) is 0. The Bertz CT molecular complexity index is 249. The van der Waals surface area contributed by atoms with E-state index in [1.54, 1.807) is 0 Å². The van der Waals surface area contributed by atoms with Crippen LogP contribution in [0.15, 0.2) is 0 Å². The van der Waals surface area contributed by atoms with Crippen LogP contribution in [0.3, 0.4) is 0 Å². The first-order valence-electron chi connectivity index (χ1n) is 6.48. The number of hydrogen-bond acceptors (Lipinski definition) is 3. The Kier molecular flexibility index (Phi) is 3.06. The number of hydrogen-bond donors (Lipinski definition) is 2. The van der Waals surface area contributed by atoms with E-state index >= 15 is 0 Å². The van der Waals surface area contributed by atoms with Crippen LogP contribution in [0, 0.1) is 10.8 Å². The third-order valence-electron chi connectivity index (χ3n) is 5.03. The largest absolute Gasteiger partial charge is 0.372 e. The zero-order chi connectivity index (χ0) is 12.0. The average molecular weight is 226 g/mol. The highest BCUT2D eigenvalue weighted by atomic mass is 16.5. The maximum atomic E-state index is 5.84. The van der Waals surface area contributed by atoms with Crippen molar-refractivity contribution >= 4 is 0 Å². The summed E-state index contributed by atoms with van der Waals surface area (Å²) in [6, 6.07) is 0.625. The van der Waals surface area contributed by atoms with Gasteiger partial charge in [0.05, 0.1) is 12.2 Å². The highest BCUT2D eigenvalue weighted by molar-refractivity contribution is 5.17. The predicted octanol–water partition coefficient (Wildman–Crippen LogP) is 1.52. The van der Waals surface area contributed by atoms with Gasteiger partial charge in [-0.25, -0.2) is 0 Å². The Morgan fingerprint density at radius 3 is 2.12 bits per heavy atom. The van der Waals surface area contributed by atoms with Gasteiger partial charge in [0.15, 0.2) is 0 Å². The maximum Gasteiger partial charge on any atom is 0.0704 e. The predicted molar refractivity (Wildman–Crippen MR) is 66.3 cm³/mol. The van der Waals surface area contributed by atoms with Gasteiger partial charge in [0.1, 0.15) is 0 Å². The lowest BCUT2D eigenvalue weighted by molar-refractivity contribution is 0.0496. The Labute approximate surface area is 99.1 Å². The van der Waals surface area contributed by atoms with Gasteiger partial charge in [0.2, 0.25) is 0 Å². The van der Waals surface area contributed by atoms with Crippen molar-refractivity contribution in [3.8, 4) is 0 Å². The fourth-order valence-electron chi connectivity index (χ4n) is 3.06. The summed E-state index contributed by atoms with van der Waals surface area (Å²) in [7, 11) is 0. The topological polar surface area (TPSA) is 47.3 Å². The Morgan fingerprint density at radius 2 is 1.69 bits per heavy atom. The molecule has 2 unspecified atom stereocenters. The van der Waals surface area contributed by atoms with Crippen molar-refractivity contribution in [1.82, 2.24) is 5.32 Å². The molecule has 16 heavy (non-hydrogen) atoms. The number of rotatable bonds is 4. The second-order valence-electron chi connectivity index (χ2n) is 6.48. The fraction of sp³-hybridized carbons (Fsp3) is 1.00. The van der Waals surface area contributed by atoms with Crippen LogP contribution in [0.4, 0.5) is 0 Å². The molecule has 1 saturated heterocycles. The standard InChI is InChI=1S/C13H26N2O/c1-12(2)11(13(12,3)4)15-8-10-6-5-9(7-14)16-10/h9-11,15H,5-8,14H2,1-4H3. The molecular formula is C13H26N2O. The minimum atomic E-state index is 0.298. The lowest BCUT2D eigenvalue weighted by Crippen LogP contribution is -2.32. The summed E-state index contributed by atoms with van der Waals surface area (Å²) < 4.78 is 5.84. The second-order valence-corrected chi connectivity index (χ2v) is 6.48. The van der Waals surface area contributed by atoms with Crippen LogP contribution in [-0.4, -0.2) is 31.3 Å². The number of nitrogens with two attached hydrogens (primary N) is 1. The normalized spacial score (nSPS) is 36.6. The van der Waals surface area contributed by atoms with Crippen molar-refractivity contribution in [2.45, 2.75) is 58.8 Å². The van der Waals surface area contributed by atoms with E-state index in [0.29, 0.717) is 35.6 Å². The molecule has 0 bridgehead atoms. The van der Waals surface area contributed by atoms with E-state index in [4.69, 9.17) is 10.5 Å². The van der Waals surface area contributed by atoms with Crippen molar-refractivity contribution in [2.75, 3.05) is 13.1 Å². The molecule has 94 valence electrons. The molecular weight excluding hydrogens is 200 g/mol. The third-order valence-corrected chi connectivity index (χ3v) is 5.03. The van der Waals surface area contributed by atoms with Gasteiger partial charge < -0.3 is 15.8 Å². The molecule has 0 aromatic carbocycles. The van der Waals surface area contributed by atoms with E-state index < -0.39 is 0 Å². The Morgan fingerprint density at radius 1 is 1.12 bits per heavy atom. The average Bonchev–Trinajstić information content (AvgIpc) is 2.60. The molecule has 0 aromatic heterocycles. The SMILES string of the molecule is CC1(C)C(NCC2CCC(CN)O2)C1(C)C. The van der Waals surface area contributed by atoms with Gasteiger partial charge in [0, 0.05) is 19.1 Å². The van der Waals surface area contributed by atoms with E-state index in [0.717, 1.165) is 19.4 Å². The quantitative estimate of drug-likeness (QED) is 0.764. The monoisotopic (exact) mass is 226 g/mol. The van der Waals surface area contributed by atoms with E-state index in [1.165, 1.54) is 0 Å². The first-order valence-corrected chi connectivity index (χ1v) is 6.48. The van der Waals surface area contributed by atoms with Gasteiger partial charge in [0.25, 0.3) is 0 Å². The highest BCUT2D eigenvalue weighted by Gasteiger charge is 2.64. The number of ether oxygens (including phenoxy) is 1. The molecule has 3 nitrogen and oxygen atoms in total. The maximum absolute atomic E-state index is 5.84. The summed E-state index contributed by atoms with van der Waals surface area (Å²) in [5, 5.41) is 3.66. The molecule has 2 aliphatic rings. The molecule has 0 spiro atoms. The van der Waals surface area contributed by atoms with Crippen LogP contribution >= 0.6 is 0 Å². The molecule has 2 atom stereocenters. The van der Waals surface area contributed by atoms with Crippen LogP contribution in [0.1, 0.15) is 40.5 Å². The van der Waals surface area contributed by atoms with Crippen LogP contribution in [0.25, 0.3) is 0 Å². The summed E-state index contributed by atoms with van der Waals surface area (Å²) in [6.07, 6.45) is 2.95. The summed E-state index contributed by atoms with van der Waals surface area (Å²) >= 11 is 0. The minimum Gasteiger partial charge on any atom is -0.372 e. The molecule has 1 saturated carbocycles. The minimum absolute atomic E-state index is 0.298. The van der Waals surface area contributed by atoms with Crippen LogP contribution < -0.4 is 11.1 Å². The van der Waals surface area contributed by atoms with Gasteiger partial charge in [-0.1, -0.05) is 27.7 Å². The molecule has 0 amide bonds. The third kappa shape index (κ3) is 1.89. The molecule has 3 N–H and O–H groups in total. The Balaban J connectivity index is 1.74. The smallest absolute Gasteiger partial charge is 0.0704 e. The van der Waals surface area contributed by atoms with Crippen molar-refractivity contribution < 1.29 is 4.74 Å². The van der Waals surface area contributed by atoms with Gasteiger partial charge >= 0.3 is 0 Å².